The van der Waals surface area contributed by atoms with Crippen LogP contribution in [0, 0.1) is 6.92 Å². The maximum atomic E-state index is 11.3. The number of hydrogen-bond acceptors (Lipinski definition) is 2. The Hall–Kier alpha value is -1.12. The van der Waals surface area contributed by atoms with Gasteiger partial charge in [-0.05, 0) is 13.3 Å². The summed E-state index contributed by atoms with van der Waals surface area (Å²) in [6.45, 7) is 4.71. The highest BCUT2D eigenvalue weighted by Gasteiger charge is 1.94. The summed E-state index contributed by atoms with van der Waals surface area (Å²) in [5.41, 5.74) is 0.837. The van der Waals surface area contributed by atoms with Crippen molar-refractivity contribution >= 4 is 0 Å². The number of hydrogen-bond donors (Lipinski definition) is 0. The lowest BCUT2D eigenvalue weighted by atomic mass is 10.3. The topological polar surface area (TPSA) is 34.9 Å². The minimum absolute atomic E-state index is 0.0518. The summed E-state index contributed by atoms with van der Waals surface area (Å²) in [5, 5.41) is 0. The van der Waals surface area contributed by atoms with Crippen LogP contribution in [0.5, 0.6) is 0 Å². The molecule has 0 bridgehead atoms. The molecule has 0 fully saturated rings. The summed E-state index contributed by atoms with van der Waals surface area (Å²) >= 11 is 0. The van der Waals surface area contributed by atoms with Gasteiger partial charge in [-0.2, -0.15) is 0 Å². The summed E-state index contributed by atoms with van der Waals surface area (Å²) in [4.78, 5) is 15.3. The van der Waals surface area contributed by atoms with Gasteiger partial charge in [-0.15, -0.1) is 0 Å². The van der Waals surface area contributed by atoms with E-state index in [4.69, 9.17) is 0 Å². The average Bonchev–Trinajstić information content (AvgIpc) is 2.03. The van der Waals surface area contributed by atoms with Gasteiger partial charge in [0, 0.05) is 18.3 Å². The Morgan fingerprint density at radius 1 is 1.58 bits per heavy atom. The van der Waals surface area contributed by atoms with Crippen LogP contribution in [0.1, 0.15) is 25.5 Å². The number of rotatable bonds is 3. The third-order valence-corrected chi connectivity index (χ3v) is 1.77. The molecule has 3 nitrogen and oxygen atoms in total. The molecule has 0 unspecified atom stereocenters. The van der Waals surface area contributed by atoms with Crippen molar-refractivity contribution in [1.29, 1.82) is 0 Å². The van der Waals surface area contributed by atoms with Crippen molar-refractivity contribution in [2.24, 2.45) is 0 Å². The Morgan fingerprint density at radius 2 is 2.33 bits per heavy atom. The highest BCUT2D eigenvalue weighted by molar-refractivity contribution is 4.95. The van der Waals surface area contributed by atoms with Gasteiger partial charge >= 0.3 is 0 Å². The fourth-order valence-corrected chi connectivity index (χ4v) is 1.01. The van der Waals surface area contributed by atoms with E-state index in [-0.39, 0.29) is 5.56 Å². The molecule has 0 aliphatic heterocycles. The Kier molecular flexibility index (Phi) is 3.02. The smallest absolute Gasteiger partial charge is 0.253 e. The van der Waals surface area contributed by atoms with Crippen LogP contribution in [-0.4, -0.2) is 9.55 Å². The van der Waals surface area contributed by atoms with Gasteiger partial charge in [0.2, 0.25) is 0 Å². The summed E-state index contributed by atoms with van der Waals surface area (Å²) in [6, 6.07) is 1.57. The molecule has 0 aromatic carbocycles. The molecule has 0 atom stereocenters. The van der Waals surface area contributed by atoms with Gasteiger partial charge in [0.1, 0.15) is 0 Å². The van der Waals surface area contributed by atoms with Crippen molar-refractivity contribution in [2.45, 2.75) is 33.2 Å². The van der Waals surface area contributed by atoms with Crippen molar-refractivity contribution in [3.05, 3.63) is 28.4 Å². The largest absolute Gasteiger partial charge is 0.299 e. The third-order valence-electron chi connectivity index (χ3n) is 1.77. The van der Waals surface area contributed by atoms with Crippen molar-refractivity contribution < 1.29 is 0 Å². The van der Waals surface area contributed by atoms with Crippen molar-refractivity contribution in [3.63, 3.8) is 0 Å². The predicted molar refractivity (Wildman–Crippen MR) is 48.1 cm³/mol. The standard InChI is InChI=1S/C9H14N2O/c1-3-4-5-11-7-10-8(2)6-9(11)12/h6-7H,3-5H2,1-2H3. The van der Waals surface area contributed by atoms with Gasteiger partial charge in [-0.1, -0.05) is 13.3 Å². The second-order valence-electron chi connectivity index (χ2n) is 2.92. The molecule has 0 aliphatic rings. The van der Waals surface area contributed by atoms with E-state index in [1.165, 1.54) is 0 Å². The van der Waals surface area contributed by atoms with Crippen molar-refractivity contribution in [3.8, 4) is 0 Å². The first-order valence-electron chi connectivity index (χ1n) is 4.27. The van der Waals surface area contributed by atoms with Gasteiger partial charge in [-0.25, -0.2) is 4.98 Å². The number of aromatic nitrogens is 2. The highest BCUT2D eigenvalue weighted by atomic mass is 16.1. The van der Waals surface area contributed by atoms with Crippen molar-refractivity contribution in [1.82, 2.24) is 9.55 Å². The highest BCUT2D eigenvalue weighted by Crippen LogP contribution is 1.91. The molecule has 0 amide bonds. The lowest BCUT2D eigenvalue weighted by Gasteiger charge is -2.02. The Morgan fingerprint density at radius 3 is 2.92 bits per heavy atom. The van der Waals surface area contributed by atoms with E-state index in [0.29, 0.717) is 0 Å². The Balaban J connectivity index is 2.80. The molecule has 1 aromatic rings. The molecule has 0 aliphatic carbocycles. The van der Waals surface area contributed by atoms with Crippen LogP contribution in [0.2, 0.25) is 0 Å². The van der Waals surface area contributed by atoms with E-state index >= 15 is 0 Å². The molecule has 66 valence electrons. The van der Waals surface area contributed by atoms with Crippen molar-refractivity contribution in [2.75, 3.05) is 0 Å². The van der Waals surface area contributed by atoms with E-state index in [2.05, 4.69) is 11.9 Å². The van der Waals surface area contributed by atoms with Crippen LogP contribution >= 0.6 is 0 Å². The second-order valence-corrected chi connectivity index (χ2v) is 2.92. The van der Waals surface area contributed by atoms with E-state index < -0.39 is 0 Å². The first kappa shape index (κ1) is 8.97. The quantitative estimate of drug-likeness (QED) is 0.679. The Bertz CT molecular complexity index is 304. The summed E-state index contributed by atoms with van der Waals surface area (Å²) < 4.78 is 1.65. The maximum Gasteiger partial charge on any atom is 0.253 e. The lowest BCUT2D eigenvalue weighted by Crippen LogP contribution is -2.19. The van der Waals surface area contributed by atoms with E-state index in [9.17, 15) is 4.79 Å². The van der Waals surface area contributed by atoms with Gasteiger partial charge in [-0.3, -0.25) is 9.36 Å². The molecule has 1 rings (SSSR count). The zero-order chi connectivity index (χ0) is 8.97. The van der Waals surface area contributed by atoms with Gasteiger partial charge in [0.15, 0.2) is 0 Å². The summed E-state index contributed by atoms with van der Waals surface area (Å²) in [5.74, 6) is 0. The van der Waals surface area contributed by atoms with Crippen LogP contribution in [0.4, 0.5) is 0 Å². The molecule has 0 radical (unpaired) electrons. The normalized spacial score (nSPS) is 10.2. The molecule has 0 saturated heterocycles. The minimum atomic E-state index is 0.0518. The fourth-order valence-electron chi connectivity index (χ4n) is 1.01. The number of aryl methyl sites for hydroxylation is 2. The molecule has 1 heterocycles. The molecule has 0 N–H and O–H groups in total. The van der Waals surface area contributed by atoms with Gasteiger partial charge in [0.25, 0.3) is 5.56 Å². The fraction of sp³-hybridized carbons (Fsp3) is 0.556. The van der Waals surface area contributed by atoms with E-state index in [1.54, 1.807) is 17.0 Å². The molecule has 12 heavy (non-hydrogen) atoms. The van der Waals surface area contributed by atoms with Crippen LogP contribution in [0.25, 0.3) is 0 Å². The Labute approximate surface area is 72.1 Å². The van der Waals surface area contributed by atoms with Crippen LogP contribution < -0.4 is 5.56 Å². The first-order chi connectivity index (χ1) is 5.74. The molecule has 3 heteroatoms. The van der Waals surface area contributed by atoms with Gasteiger partial charge < -0.3 is 0 Å². The molecule has 0 spiro atoms. The van der Waals surface area contributed by atoms with Crippen LogP contribution in [-0.2, 0) is 6.54 Å². The summed E-state index contributed by atoms with van der Waals surface area (Å²) in [6.07, 6.45) is 3.75. The monoisotopic (exact) mass is 166 g/mol. The minimum Gasteiger partial charge on any atom is -0.299 e. The summed E-state index contributed by atoms with van der Waals surface area (Å²) in [7, 11) is 0. The third kappa shape index (κ3) is 2.19. The van der Waals surface area contributed by atoms with E-state index in [0.717, 1.165) is 25.1 Å². The van der Waals surface area contributed by atoms with Gasteiger partial charge in [0.05, 0.1) is 6.33 Å². The number of unbranched alkanes of at least 4 members (excludes halogenated alkanes) is 1. The molecule has 1 aromatic heterocycles. The SMILES string of the molecule is CCCCn1cnc(C)cc1=O. The second kappa shape index (κ2) is 4.04. The zero-order valence-corrected chi connectivity index (χ0v) is 7.58. The van der Waals surface area contributed by atoms with Crippen LogP contribution in [0.3, 0.4) is 0 Å². The average molecular weight is 166 g/mol. The molecular weight excluding hydrogens is 152 g/mol. The predicted octanol–water partition coefficient (Wildman–Crippen LogP) is 1.35. The first-order valence-corrected chi connectivity index (χ1v) is 4.27. The lowest BCUT2D eigenvalue weighted by molar-refractivity contribution is 0.601. The van der Waals surface area contributed by atoms with E-state index in [1.807, 2.05) is 6.92 Å². The molecule has 0 saturated carbocycles. The number of nitrogens with zero attached hydrogens (tertiary/aromatic N) is 2. The zero-order valence-electron chi connectivity index (χ0n) is 7.58. The maximum absolute atomic E-state index is 11.3. The molecular formula is C9H14N2O. The van der Waals surface area contributed by atoms with Crippen LogP contribution in [0.15, 0.2) is 17.2 Å².